The van der Waals surface area contributed by atoms with Gasteiger partial charge in [-0.2, -0.15) is 0 Å². The second kappa shape index (κ2) is 8.21. The molecule has 5 nitrogen and oxygen atoms in total. The zero-order valence-electron chi connectivity index (χ0n) is 13.6. The first kappa shape index (κ1) is 18.4. The number of nitrogens with one attached hydrogen (secondary N) is 2. The molecule has 0 aliphatic heterocycles. The van der Waals surface area contributed by atoms with Gasteiger partial charge in [0.05, 0.1) is 16.1 Å². The van der Waals surface area contributed by atoms with E-state index in [1.807, 2.05) is 13.2 Å². The van der Waals surface area contributed by atoms with Gasteiger partial charge in [-0.1, -0.05) is 19.1 Å². The predicted molar refractivity (Wildman–Crippen MR) is 98.1 cm³/mol. The first-order valence-electron chi connectivity index (χ1n) is 7.52. The summed E-state index contributed by atoms with van der Waals surface area (Å²) < 4.78 is 27.6. The maximum atomic E-state index is 12.5. The summed E-state index contributed by atoms with van der Waals surface area (Å²) in [4.78, 5) is 13.3. The smallest absolute Gasteiger partial charge is 0.261 e. The molecule has 0 saturated carbocycles. The molecular weight excluding hydrogens is 344 g/mol. The molecule has 0 aliphatic carbocycles. The Morgan fingerprint density at radius 3 is 2.38 bits per heavy atom. The van der Waals surface area contributed by atoms with Gasteiger partial charge in [0.1, 0.15) is 0 Å². The van der Waals surface area contributed by atoms with E-state index in [1.54, 1.807) is 48.5 Å². The highest BCUT2D eigenvalue weighted by Gasteiger charge is 2.18. The molecule has 2 aromatic carbocycles. The summed E-state index contributed by atoms with van der Waals surface area (Å²) in [6.07, 6.45) is 2.73. The molecule has 0 bridgehead atoms. The van der Waals surface area contributed by atoms with E-state index in [0.29, 0.717) is 12.1 Å². The van der Waals surface area contributed by atoms with Gasteiger partial charge >= 0.3 is 0 Å². The van der Waals surface area contributed by atoms with Crippen LogP contribution in [0.1, 0.15) is 23.7 Å². The molecule has 128 valence electrons. The maximum Gasteiger partial charge on any atom is 0.261 e. The van der Waals surface area contributed by atoms with E-state index in [1.165, 1.54) is 11.8 Å². The van der Waals surface area contributed by atoms with Crippen LogP contribution in [-0.2, 0) is 10.0 Å². The molecule has 0 aliphatic rings. The normalized spacial score (nSPS) is 11.1. The van der Waals surface area contributed by atoms with Crippen molar-refractivity contribution in [2.75, 3.05) is 17.5 Å². The Labute approximate surface area is 146 Å². The number of thioether (sulfide) groups is 1. The fraction of sp³-hybridized carbons (Fsp3) is 0.235. The fourth-order valence-corrected chi connectivity index (χ4v) is 3.55. The average Bonchev–Trinajstić information content (AvgIpc) is 2.60. The molecular formula is C17H20N2O3S2. The molecule has 0 spiro atoms. The molecule has 24 heavy (non-hydrogen) atoms. The third kappa shape index (κ3) is 4.52. The molecule has 0 radical (unpaired) electrons. The highest BCUT2D eigenvalue weighted by Crippen LogP contribution is 2.22. The summed E-state index contributed by atoms with van der Waals surface area (Å²) in [5, 5.41) is 2.75. The van der Waals surface area contributed by atoms with Gasteiger partial charge in [0.25, 0.3) is 15.9 Å². The molecule has 0 unspecified atom stereocenters. The largest absolute Gasteiger partial charge is 0.352 e. The topological polar surface area (TPSA) is 75.3 Å². The number of sulfonamides is 1. The lowest BCUT2D eigenvalue weighted by Gasteiger charge is -2.13. The van der Waals surface area contributed by atoms with Crippen molar-refractivity contribution in [2.24, 2.45) is 0 Å². The van der Waals surface area contributed by atoms with Crippen LogP contribution in [0.3, 0.4) is 0 Å². The molecule has 0 aromatic heterocycles. The van der Waals surface area contributed by atoms with Crippen molar-refractivity contribution in [2.45, 2.75) is 23.1 Å². The van der Waals surface area contributed by atoms with Crippen LogP contribution < -0.4 is 10.0 Å². The second-order valence-electron chi connectivity index (χ2n) is 5.08. The summed E-state index contributed by atoms with van der Waals surface area (Å²) in [7, 11) is -3.75. The van der Waals surface area contributed by atoms with Crippen LogP contribution in [0.4, 0.5) is 5.69 Å². The molecule has 1 amide bonds. The lowest BCUT2D eigenvalue weighted by molar-refractivity contribution is 0.0954. The highest BCUT2D eigenvalue weighted by atomic mass is 32.2. The van der Waals surface area contributed by atoms with Gasteiger partial charge in [-0.3, -0.25) is 9.52 Å². The SMILES string of the molecule is CCCNC(=O)c1ccccc1NS(=O)(=O)c1ccc(SC)cc1. The van der Waals surface area contributed by atoms with Crippen molar-refractivity contribution < 1.29 is 13.2 Å². The number of carbonyl (C=O) groups excluding carboxylic acids is 1. The number of carbonyl (C=O) groups is 1. The van der Waals surface area contributed by atoms with E-state index in [0.717, 1.165) is 11.3 Å². The lowest BCUT2D eigenvalue weighted by atomic mass is 10.1. The van der Waals surface area contributed by atoms with E-state index < -0.39 is 10.0 Å². The number of hydrogen-bond donors (Lipinski definition) is 2. The van der Waals surface area contributed by atoms with Crippen LogP contribution >= 0.6 is 11.8 Å². The quantitative estimate of drug-likeness (QED) is 0.739. The van der Waals surface area contributed by atoms with Crippen molar-refractivity contribution in [1.82, 2.24) is 5.32 Å². The van der Waals surface area contributed by atoms with Gasteiger partial charge in [-0.15, -0.1) is 11.8 Å². The van der Waals surface area contributed by atoms with Crippen LogP contribution in [0.25, 0.3) is 0 Å². The van der Waals surface area contributed by atoms with Gasteiger partial charge in [0.2, 0.25) is 0 Å². The van der Waals surface area contributed by atoms with Gasteiger partial charge in [0.15, 0.2) is 0 Å². The first-order valence-corrected chi connectivity index (χ1v) is 10.2. The lowest BCUT2D eigenvalue weighted by Crippen LogP contribution is -2.25. The Bertz CT molecular complexity index is 803. The third-order valence-electron chi connectivity index (χ3n) is 3.32. The van der Waals surface area contributed by atoms with Crippen LogP contribution in [0.5, 0.6) is 0 Å². The van der Waals surface area contributed by atoms with Crippen LogP contribution in [0, 0.1) is 0 Å². The molecule has 2 N–H and O–H groups in total. The summed E-state index contributed by atoms with van der Waals surface area (Å²) in [5.41, 5.74) is 0.565. The minimum absolute atomic E-state index is 0.157. The highest BCUT2D eigenvalue weighted by molar-refractivity contribution is 7.98. The van der Waals surface area contributed by atoms with Crippen molar-refractivity contribution in [1.29, 1.82) is 0 Å². The van der Waals surface area contributed by atoms with E-state index in [2.05, 4.69) is 10.0 Å². The number of rotatable bonds is 7. The van der Waals surface area contributed by atoms with Crippen LogP contribution in [0.2, 0.25) is 0 Å². The predicted octanol–water partition coefficient (Wildman–Crippen LogP) is 3.35. The molecule has 7 heteroatoms. The zero-order chi connectivity index (χ0) is 17.6. The first-order chi connectivity index (χ1) is 11.5. The Morgan fingerprint density at radius 2 is 1.75 bits per heavy atom. The van der Waals surface area contributed by atoms with E-state index >= 15 is 0 Å². The molecule has 0 atom stereocenters. The average molecular weight is 364 g/mol. The van der Waals surface area contributed by atoms with Gasteiger partial charge in [-0.05, 0) is 49.1 Å². The molecule has 2 rings (SSSR count). The standard InChI is InChI=1S/C17H20N2O3S2/c1-3-12-18-17(20)15-6-4-5-7-16(15)19-24(21,22)14-10-8-13(23-2)9-11-14/h4-11,19H,3,12H2,1-2H3,(H,18,20). The minimum atomic E-state index is -3.75. The van der Waals surface area contributed by atoms with E-state index in [9.17, 15) is 13.2 Å². The number of amides is 1. The fourth-order valence-electron chi connectivity index (χ4n) is 2.06. The number of hydrogen-bond acceptors (Lipinski definition) is 4. The Hall–Kier alpha value is -1.99. The van der Waals surface area contributed by atoms with E-state index in [-0.39, 0.29) is 16.5 Å². The van der Waals surface area contributed by atoms with Gasteiger partial charge in [-0.25, -0.2) is 8.42 Å². The summed E-state index contributed by atoms with van der Waals surface area (Å²) in [5.74, 6) is -0.298. The Kier molecular flexibility index (Phi) is 6.28. The number of para-hydroxylation sites is 1. The van der Waals surface area contributed by atoms with Crippen molar-refractivity contribution in [3.05, 3.63) is 54.1 Å². The minimum Gasteiger partial charge on any atom is -0.352 e. The number of benzene rings is 2. The Balaban J connectivity index is 2.27. The summed E-state index contributed by atoms with van der Waals surface area (Å²) in [6.45, 7) is 2.49. The summed E-state index contributed by atoms with van der Waals surface area (Å²) in [6, 6.07) is 13.2. The monoisotopic (exact) mass is 364 g/mol. The van der Waals surface area contributed by atoms with Crippen molar-refractivity contribution in [3.8, 4) is 0 Å². The van der Waals surface area contributed by atoms with Crippen LogP contribution in [0.15, 0.2) is 58.3 Å². The zero-order valence-corrected chi connectivity index (χ0v) is 15.2. The molecule has 0 fully saturated rings. The van der Waals surface area contributed by atoms with Crippen molar-refractivity contribution >= 4 is 33.4 Å². The van der Waals surface area contributed by atoms with Gasteiger partial charge in [0, 0.05) is 11.4 Å². The Morgan fingerprint density at radius 1 is 1.08 bits per heavy atom. The third-order valence-corrected chi connectivity index (χ3v) is 5.45. The van der Waals surface area contributed by atoms with Gasteiger partial charge < -0.3 is 5.32 Å². The van der Waals surface area contributed by atoms with Crippen LogP contribution in [-0.4, -0.2) is 27.1 Å². The summed E-state index contributed by atoms with van der Waals surface area (Å²) >= 11 is 1.54. The van der Waals surface area contributed by atoms with Crippen molar-refractivity contribution in [3.63, 3.8) is 0 Å². The number of anilines is 1. The molecule has 0 heterocycles. The molecule has 2 aromatic rings. The van der Waals surface area contributed by atoms with E-state index in [4.69, 9.17) is 0 Å². The second-order valence-corrected chi connectivity index (χ2v) is 7.64. The maximum absolute atomic E-state index is 12.5. The molecule has 0 saturated heterocycles.